The molecule has 0 radical (unpaired) electrons. The summed E-state index contributed by atoms with van der Waals surface area (Å²) in [6.45, 7) is 2.43. The van der Waals surface area contributed by atoms with Gasteiger partial charge in [0.1, 0.15) is 25.6 Å². The van der Waals surface area contributed by atoms with Crippen LogP contribution in [-0.2, 0) is 4.74 Å². The van der Waals surface area contributed by atoms with E-state index in [0.717, 1.165) is 42.2 Å². The fourth-order valence-corrected chi connectivity index (χ4v) is 4.22. The Bertz CT molecular complexity index is 1060. The van der Waals surface area contributed by atoms with Gasteiger partial charge < -0.3 is 18.9 Å². The molecule has 0 aliphatic carbocycles. The van der Waals surface area contributed by atoms with Crippen LogP contribution in [0.1, 0.15) is 23.2 Å². The number of anilines is 1. The van der Waals surface area contributed by atoms with E-state index in [1.54, 1.807) is 24.3 Å². The fraction of sp³-hybridized carbons (Fsp3) is 0.304. The van der Waals surface area contributed by atoms with Crippen LogP contribution in [0.5, 0.6) is 17.2 Å². The van der Waals surface area contributed by atoms with Gasteiger partial charge in [-0.1, -0.05) is 0 Å². The third-order valence-electron chi connectivity index (χ3n) is 5.14. The fourth-order valence-electron chi connectivity index (χ4n) is 3.50. The molecule has 0 bridgehead atoms. The van der Waals surface area contributed by atoms with Gasteiger partial charge in [-0.25, -0.2) is 4.98 Å². The lowest BCUT2D eigenvalue weighted by atomic mass is 10.1. The quantitative estimate of drug-likeness (QED) is 0.615. The number of fused-ring (bicyclic) bond motifs is 1. The molecule has 1 N–H and O–H groups in total. The Labute approximate surface area is 183 Å². The number of aromatic nitrogens is 1. The van der Waals surface area contributed by atoms with E-state index in [2.05, 4.69) is 10.3 Å². The van der Waals surface area contributed by atoms with Crippen molar-refractivity contribution in [3.05, 3.63) is 53.4 Å². The lowest BCUT2D eigenvalue weighted by molar-refractivity contribution is 0.0679. The van der Waals surface area contributed by atoms with E-state index >= 15 is 0 Å². The van der Waals surface area contributed by atoms with Gasteiger partial charge in [0.05, 0.1) is 11.8 Å². The highest BCUT2D eigenvalue weighted by Gasteiger charge is 2.17. The smallest absolute Gasteiger partial charge is 0.257 e. The van der Waals surface area contributed by atoms with Gasteiger partial charge in [0, 0.05) is 23.1 Å². The van der Waals surface area contributed by atoms with Crippen molar-refractivity contribution in [1.82, 2.24) is 4.98 Å². The molecule has 3 aromatic rings. The standard InChI is InChI=1S/C23H22N2O5S/c26-22(15-3-6-17(7-4-15)30-13-18-2-1-9-27-18)25-23-24-19(14-31-23)16-5-8-20-21(12-16)29-11-10-28-20/h3-8,12,14,18H,1-2,9-11,13H2,(H,24,25,26)/t18-/m0/s1. The molecule has 2 aromatic carbocycles. The summed E-state index contributed by atoms with van der Waals surface area (Å²) in [6.07, 6.45) is 2.28. The summed E-state index contributed by atoms with van der Waals surface area (Å²) in [5, 5.41) is 5.30. The van der Waals surface area contributed by atoms with E-state index in [1.807, 2.05) is 23.6 Å². The Hall–Kier alpha value is -3.10. The number of ether oxygens (including phenoxy) is 4. The first-order valence-corrected chi connectivity index (χ1v) is 11.1. The van der Waals surface area contributed by atoms with Crippen LogP contribution in [0, 0.1) is 0 Å². The van der Waals surface area contributed by atoms with Gasteiger partial charge in [-0.2, -0.15) is 0 Å². The highest BCUT2D eigenvalue weighted by molar-refractivity contribution is 7.14. The SMILES string of the molecule is O=C(Nc1nc(-c2ccc3c(c2)OCCO3)cs1)c1ccc(OC[C@@H]2CCCO2)cc1. The molecule has 1 aromatic heterocycles. The first kappa shape index (κ1) is 19.8. The van der Waals surface area contributed by atoms with Crippen molar-refractivity contribution in [3.8, 4) is 28.5 Å². The number of benzene rings is 2. The van der Waals surface area contributed by atoms with Crippen molar-refractivity contribution in [3.63, 3.8) is 0 Å². The maximum Gasteiger partial charge on any atom is 0.257 e. The van der Waals surface area contributed by atoms with Crippen LogP contribution in [-0.4, -0.2) is 43.4 Å². The van der Waals surface area contributed by atoms with E-state index in [1.165, 1.54) is 11.3 Å². The molecule has 0 spiro atoms. The van der Waals surface area contributed by atoms with Crippen molar-refractivity contribution in [1.29, 1.82) is 0 Å². The van der Waals surface area contributed by atoms with E-state index in [4.69, 9.17) is 18.9 Å². The number of amides is 1. The second-order valence-electron chi connectivity index (χ2n) is 7.32. The first-order valence-electron chi connectivity index (χ1n) is 10.3. The second kappa shape index (κ2) is 8.95. The normalized spacial score (nSPS) is 17.4. The van der Waals surface area contributed by atoms with Gasteiger partial charge in [0.2, 0.25) is 0 Å². The van der Waals surface area contributed by atoms with Gasteiger partial charge in [-0.05, 0) is 55.3 Å². The van der Waals surface area contributed by atoms with Crippen LogP contribution < -0.4 is 19.5 Å². The van der Waals surface area contributed by atoms with Crippen molar-refractivity contribution in [2.75, 3.05) is 31.7 Å². The molecule has 1 atom stereocenters. The van der Waals surface area contributed by atoms with Crippen molar-refractivity contribution < 1.29 is 23.7 Å². The maximum atomic E-state index is 12.6. The molecule has 0 unspecified atom stereocenters. The molecule has 8 heteroatoms. The number of hydrogen-bond acceptors (Lipinski definition) is 7. The minimum atomic E-state index is -0.214. The summed E-state index contributed by atoms with van der Waals surface area (Å²) in [5.74, 6) is 1.96. The third-order valence-corrected chi connectivity index (χ3v) is 5.90. The Morgan fingerprint density at radius 2 is 1.94 bits per heavy atom. The number of rotatable bonds is 6. The van der Waals surface area contributed by atoms with Crippen molar-refractivity contribution in [2.45, 2.75) is 18.9 Å². The molecule has 160 valence electrons. The van der Waals surface area contributed by atoms with Gasteiger partial charge in [0.25, 0.3) is 5.91 Å². The molecule has 1 saturated heterocycles. The van der Waals surface area contributed by atoms with Crippen molar-refractivity contribution in [2.24, 2.45) is 0 Å². The third kappa shape index (κ3) is 4.65. The first-order chi connectivity index (χ1) is 15.2. The molecule has 1 amide bonds. The molecule has 1 fully saturated rings. The summed E-state index contributed by atoms with van der Waals surface area (Å²) in [7, 11) is 0. The molecule has 7 nitrogen and oxygen atoms in total. The van der Waals surface area contributed by atoms with Crippen LogP contribution in [0.3, 0.4) is 0 Å². The van der Waals surface area contributed by atoms with Crippen LogP contribution in [0.4, 0.5) is 5.13 Å². The largest absolute Gasteiger partial charge is 0.491 e. The molecule has 3 heterocycles. The lowest BCUT2D eigenvalue weighted by Gasteiger charge is -2.18. The van der Waals surface area contributed by atoms with Gasteiger partial charge in [-0.15, -0.1) is 11.3 Å². The predicted molar refractivity (Wildman–Crippen MR) is 117 cm³/mol. The summed E-state index contributed by atoms with van der Waals surface area (Å²) >= 11 is 1.38. The van der Waals surface area contributed by atoms with Crippen LogP contribution >= 0.6 is 11.3 Å². The van der Waals surface area contributed by atoms with Crippen LogP contribution in [0.15, 0.2) is 47.8 Å². The lowest BCUT2D eigenvalue weighted by Crippen LogP contribution is -2.16. The average molecular weight is 439 g/mol. The summed E-state index contributed by atoms with van der Waals surface area (Å²) in [5.41, 5.74) is 2.23. The molecular weight excluding hydrogens is 416 g/mol. The Balaban J connectivity index is 1.20. The van der Waals surface area contributed by atoms with E-state index < -0.39 is 0 Å². The Morgan fingerprint density at radius 1 is 1.10 bits per heavy atom. The molecule has 2 aliphatic rings. The Morgan fingerprint density at radius 3 is 2.74 bits per heavy atom. The number of carbonyl (C=O) groups excluding carboxylic acids is 1. The average Bonchev–Trinajstić information content (AvgIpc) is 3.50. The molecule has 2 aliphatic heterocycles. The molecule has 0 saturated carbocycles. The highest BCUT2D eigenvalue weighted by Crippen LogP contribution is 2.35. The Kier molecular flexibility index (Phi) is 5.73. The minimum Gasteiger partial charge on any atom is -0.491 e. The van der Waals surface area contributed by atoms with Crippen LogP contribution in [0.25, 0.3) is 11.3 Å². The summed E-state index contributed by atoms with van der Waals surface area (Å²) in [4.78, 5) is 17.1. The van der Waals surface area contributed by atoms with Gasteiger partial charge in [0.15, 0.2) is 16.6 Å². The maximum absolute atomic E-state index is 12.6. The van der Waals surface area contributed by atoms with E-state index in [0.29, 0.717) is 36.3 Å². The zero-order chi connectivity index (χ0) is 21.0. The van der Waals surface area contributed by atoms with Gasteiger partial charge >= 0.3 is 0 Å². The number of hydrogen-bond donors (Lipinski definition) is 1. The van der Waals surface area contributed by atoms with E-state index in [9.17, 15) is 4.79 Å². The van der Waals surface area contributed by atoms with Gasteiger partial charge in [-0.3, -0.25) is 10.1 Å². The van der Waals surface area contributed by atoms with E-state index in [-0.39, 0.29) is 12.0 Å². The predicted octanol–water partition coefficient (Wildman–Crippen LogP) is 4.39. The minimum absolute atomic E-state index is 0.163. The van der Waals surface area contributed by atoms with Crippen molar-refractivity contribution >= 4 is 22.4 Å². The summed E-state index contributed by atoms with van der Waals surface area (Å²) < 4.78 is 22.5. The number of thiazole rings is 1. The molecular formula is C23H22N2O5S. The number of nitrogens with one attached hydrogen (secondary N) is 1. The zero-order valence-corrected chi connectivity index (χ0v) is 17.7. The topological polar surface area (TPSA) is 78.9 Å². The monoisotopic (exact) mass is 438 g/mol. The zero-order valence-electron chi connectivity index (χ0n) is 16.8. The number of nitrogens with zero attached hydrogens (tertiary/aromatic N) is 1. The molecule has 31 heavy (non-hydrogen) atoms. The second-order valence-corrected chi connectivity index (χ2v) is 8.18. The highest BCUT2D eigenvalue weighted by atomic mass is 32.1. The summed E-state index contributed by atoms with van der Waals surface area (Å²) in [6, 6.07) is 12.8. The molecule has 5 rings (SSSR count). The number of carbonyl (C=O) groups is 1. The van der Waals surface area contributed by atoms with Crippen LogP contribution in [0.2, 0.25) is 0 Å².